The van der Waals surface area contributed by atoms with Crippen molar-refractivity contribution in [2.45, 2.75) is 6.17 Å². The lowest BCUT2D eigenvalue weighted by Gasteiger charge is -2.32. The molecule has 1 atom stereocenters. The molecular weight excluding hydrogens is 253 g/mol. The first-order valence-corrected chi connectivity index (χ1v) is 6.42. The summed E-state index contributed by atoms with van der Waals surface area (Å²) in [5.41, 5.74) is 15.7. The van der Waals surface area contributed by atoms with E-state index >= 15 is 0 Å². The zero-order valence-electron chi connectivity index (χ0n) is 11.2. The molecular formula is C16H16FN3. The normalized spacial score (nSPS) is 17.6. The van der Waals surface area contributed by atoms with Crippen LogP contribution in [0.5, 0.6) is 0 Å². The predicted molar refractivity (Wildman–Crippen MR) is 79.0 cm³/mol. The van der Waals surface area contributed by atoms with Gasteiger partial charge in [0, 0.05) is 30.1 Å². The van der Waals surface area contributed by atoms with Gasteiger partial charge in [-0.1, -0.05) is 24.3 Å². The van der Waals surface area contributed by atoms with Crippen LogP contribution in [0, 0.1) is 5.82 Å². The summed E-state index contributed by atoms with van der Waals surface area (Å²) in [6.07, 6.45) is 1.64. The first-order chi connectivity index (χ1) is 9.58. The van der Waals surface area contributed by atoms with Crippen LogP contribution in [0.3, 0.4) is 0 Å². The lowest BCUT2D eigenvalue weighted by Crippen LogP contribution is -2.31. The van der Waals surface area contributed by atoms with E-state index in [-0.39, 0.29) is 12.0 Å². The average Bonchev–Trinajstić information content (AvgIpc) is 2.46. The highest BCUT2D eigenvalue weighted by Crippen LogP contribution is 2.36. The van der Waals surface area contributed by atoms with Crippen molar-refractivity contribution in [1.29, 1.82) is 0 Å². The lowest BCUT2D eigenvalue weighted by atomic mass is 9.90. The van der Waals surface area contributed by atoms with Crippen molar-refractivity contribution < 1.29 is 4.39 Å². The van der Waals surface area contributed by atoms with Crippen LogP contribution < -0.4 is 11.5 Å². The monoisotopic (exact) mass is 269 g/mol. The molecule has 102 valence electrons. The van der Waals surface area contributed by atoms with Crippen LogP contribution in [-0.2, 0) is 0 Å². The van der Waals surface area contributed by atoms with Crippen LogP contribution in [0.15, 0.2) is 48.7 Å². The van der Waals surface area contributed by atoms with Gasteiger partial charge in [-0.3, -0.25) is 0 Å². The highest BCUT2D eigenvalue weighted by atomic mass is 19.1. The first kappa shape index (κ1) is 12.7. The standard InChI is InChI=1S/C16H16FN3/c1-20-9-14(13-8-10(18)6-7-15(13)17)11-4-2-3-5-12(11)16(20)19/h2-9,16H,18-19H2,1H3. The van der Waals surface area contributed by atoms with Crippen LogP contribution in [-0.4, -0.2) is 11.9 Å². The number of halogens is 1. The second-order valence-electron chi connectivity index (χ2n) is 4.98. The molecule has 0 radical (unpaired) electrons. The summed E-state index contributed by atoms with van der Waals surface area (Å²) >= 11 is 0. The van der Waals surface area contributed by atoms with E-state index in [0.717, 1.165) is 16.7 Å². The SMILES string of the molecule is CN1C=C(c2cc(N)ccc2F)c2ccccc2C1N. The van der Waals surface area contributed by atoms with Crippen molar-refractivity contribution in [2.75, 3.05) is 12.8 Å². The van der Waals surface area contributed by atoms with Crippen LogP contribution in [0.25, 0.3) is 5.57 Å². The number of nitrogens with two attached hydrogens (primary N) is 2. The van der Waals surface area contributed by atoms with E-state index in [0.29, 0.717) is 11.3 Å². The molecule has 20 heavy (non-hydrogen) atoms. The van der Waals surface area contributed by atoms with Crippen molar-refractivity contribution in [3.05, 3.63) is 71.2 Å². The Labute approximate surface area is 117 Å². The van der Waals surface area contributed by atoms with E-state index in [1.165, 1.54) is 6.07 Å². The van der Waals surface area contributed by atoms with Crippen LogP contribution in [0.4, 0.5) is 10.1 Å². The molecule has 1 aliphatic rings. The second kappa shape index (κ2) is 4.65. The minimum absolute atomic E-state index is 0.223. The van der Waals surface area contributed by atoms with Gasteiger partial charge in [0.25, 0.3) is 0 Å². The van der Waals surface area contributed by atoms with Crippen molar-refractivity contribution in [2.24, 2.45) is 5.73 Å². The number of hydrogen-bond acceptors (Lipinski definition) is 3. The van der Waals surface area contributed by atoms with Crippen molar-refractivity contribution in [3.8, 4) is 0 Å². The molecule has 0 aromatic heterocycles. The second-order valence-corrected chi connectivity index (χ2v) is 4.98. The molecule has 4 heteroatoms. The summed E-state index contributed by atoms with van der Waals surface area (Å²) < 4.78 is 14.1. The van der Waals surface area contributed by atoms with Gasteiger partial charge in [0.2, 0.25) is 0 Å². The third kappa shape index (κ3) is 1.94. The molecule has 3 rings (SSSR count). The van der Waals surface area contributed by atoms with E-state index in [4.69, 9.17) is 11.5 Å². The third-order valence-electron chi connectivity index (χ3n) is 3.62. The molecule has 3 nitrogen and oxygen atoms in total. The molecule has 1 heterocycles. The Balaban J connectivity index is 2.23. The van der Waals surface area contributed by atoms with Gasteiger partial charge in [-0.15, -0.1) is 0 Å². The zero-order chi connectivity index (χ0) is 14.3. The number of anilines is 1. The van der Waals surface area contributed by atoms with Crippen molar-refractivity contribution in [3.63, 3.8) is 0 Å². The molecule has 1 unspecified atom stereocenters. The number of rotatable bonds is 1. The maximum absolute atomic E-state index is 14.1. The van der Waals surface area contributed by atoms with E-state index in [2.05, 4.69) is 0 Å². The number of benzene rings is 2. The fourth-order valence-electron chi connectivity index (χ4n) is 2.54. The molecule has 0 aliphatic carbocycles. The summed E-state index contributed by atoms with van der Waals surface area (Å²) in [7, 11) is 1.88. The molecule has 0 saturated carbocycles. The molecule has 0 bridgehead atoms. The minimum Gasteiger partial charge on any atom is -0.399 e. The average molecular weight is 269 g/mol. The van der Waals surface area contributed by atoms with Gasteiger partial charge < -0.3 is 16.4 Å². The summed E-state index contributed by atoms with van der Waals surface area (Å²) in [6.45, 7) is 0. The molecule has 1 aliphatic heterocycles. The van der Waals surface area contributed by atoms with Gasteiger partial charge in [-0.2, -0.15) is 0 Å². The molecule has 0 spiro atoms. The zero-order valence-corrected chi connectivity index (χ0v) is 11.2. The largest absolute Gasteiger partial charge is 0.399 e. The fourth-order valence-corrected chi connectivity index (χ4v) is 2.54. The fraction of sp³-hybridized carbons (Fsp3) is 0.125. The lowest BCUT2D eigenvalue weighted by molar-refractivity contribution is 0.341. The number of nitrogens with zero attached hydrogens (tertiary/aromatic N) is 1. The quantitative estimate of drug-likeness (QED) is 0.783. The topological polar surface area (TPSA) is 55.3 Å². The van der Waals surface area contributed by atoms with E-state index in [1.807, 2.05) is 42.4 Å². The Morgan fingerprint density at radius 3 is 2.65 bits per heavy atom. The molecule has 0 saturated heterocycles. The molecule has 2 aromatic rings. The summed E-state index contributed by atoms with van der Waals surface area (Å²) in [5, 5.41) is 0. The van der Waals surface area contributed by atoms with Crippen LogP contribution >= 0.6 is 0 Å². The minimum atomic E-state index is -0.288. The van der Waals surface area contributed by atoms with Gasteiger partial charge >= 0.3 is 0 Å². The Morgan fingerprint density at radius 1 is 1.10 bits per heavy atom. The summed E-state index contributed by atoms with van der Waals surface area (Å²) in [4.78, 5) is 1.88. The maximum Gasteiger partial charge on any atom is 0.131 e. The van der Waals surface area contributed by atoms with Gasteiger partial charge in [0.15, 0.2) is 0 Å². The molecule has 0 fully saturated rings. The van der Waals surface area contributed by atoms with E-state index in [9.17, 15) is 4.39 Å². The predicted octanol–water partition coefficient (Wildman–Crippen LogP) is 2.70. The first-order valence-electron chi connectivity index (χ1n) is 6.42. The highest BCUT2D eigenvalue weighted by Gasteiger charge is 2.24. The number of hydrogen-bond donors (Lipinski definition) is 2. The molecule has 4 N–H and O–H groups in total. The van der Waals surface area contributed by atoms with Gasteiger partial charge in [0.1, 0.15) is 12.0 Å². The smallest absolute Gasteiger partial charge is 0.131 e. The highest BCUT2D eigenvalue weighted by molar-refractivity contribution is 5.83. The Bertz CT molecular complexity index is 694. The van der Waals surface area contributed by atoms with Gasteiger partial charge in [-0.25, -0.2) is 4.39 Å². The third-order valence-corrected chi connectivity index (χ3v) is 3.62. The van der Waals surface area contributed by atoms with Crippen molar-refractivity contribution >= 4 is 11.3 Å². The number of fused-ring (bicyclic) bond motifs is 1. The summed E-state index contributed by atoms with van der Waals surface area (Å²) in [5.74, 6) is -0.288. The Morgan fingerprint density at radius 2 is 1.85 bits per heavy atom. The maximum atomic E-state index is 14.1. The van der Waals surface area contributed by atoms with E-state index in [1.54, 1.807) is 12.1 Å². The summed E-state index contributed by atoms with van der Waals surface area (Å²) in [6, 6.07) is 12.4. The molecule has 2 aromatic carbocycles. The Kier molecular flexibility index (Phi) is 2.95. The number of nitrogen functional groups attached to an aromatic ring is 1. The van der Waals surface area contributed by atoms with Crippen LogP contribution in [0.2, 0.25) is 0 Å². The van der Waals surface area contributed by atoms with E-state index < -0.39 is 0 Å². The van der Waals surface area contributed by atoms with Crippen molar-refractivity contribution in [1.82, 2.24) is 4.90 Å². The van der Waals surface area contributed by atoms with Gasteiger partial charge in [0.05, 0.1) is 0 Å². The van der Waals surface area contributed by atoms with Gasteiger partial charge in [-0.05, 0) is 29.3 Å². The Hall–Kier alpha value is -2.33. The van der Waals surface area contributed by atoms with Crippen LogP contribution in [0.1, 0.15) is 22.9 Å². The molecule has 0 amide bonds.